The average molecular weight is 195 g/mol. The van der Waals surface area contributed by atoms with Crippen molar-refractivity contribution in [2.24, 2.45) is 7.05 Å². The molecule has 1 aromatic heterocycles. The van der Waals surface area contributed by atoms with Crippen LogP contribution < -0.4 is 29.6 Å². The number of nitrogens with zero attached hydrogens (tertiary/aromatic N) is 3. The number of carbonyl (C=O) groups excluding carboxylic acids is 1. The zero-order valence-electron chi connectivity index (χ0n) is 7.07. The van der Waals surface area contributed by atoms with E-state index < -0.39 is 5.97 Å². The molecule has 1 heterocycles. The van der Waals surface area contributed by atoms with Gasteiger partial charge < -0.3 is 21.9 Å². The quantitative estimate of drug-likeness (QED) is 0.264. The van der Waals surface area contributed by atoms with E-state index in [1.807, 2.05) is 0 Å². The Balaban J connectivity index is 0.00000121. The van der Waals surface area contributed by atoms with Gasteiger partial charge in [0.25, 0.3) is 0 Å². The van der Waals surface area contributed by atoms with E-state index >= 15 is 0 Å². The number of hydrogen-bond acceptors (Lipinski definition) is 5. The summed E-state index contributed by atoms with van der Waals surface area (Å²) in [6.45, 7) is 0. The van der Waals surface area contributed by atoms with Gasteiger partial charge in [-0.05, 0) is 0 Å². The van der Waals surface area contributed by atoms with Crippen LogP contribution in [0.25, 0.3) is 0 Å². The number of rotatable bonds is 1. The fourth-order valence-electron chi connectivity index (χ4n) is 0.584. The fourth-order valence-corrected chi connectivity index (χ4v) is 0.711. The van der Waals surface area contributed by atoms with Gasteiger partial charge >= 0.3 is 35.5 Å². The molecule has 0 saturated heterocycles. The van der Waals surface area contributed by atoms with Crippen molar-refractivity contribution in [3.8, 4) is 0 Å². The Hall–Kier alpha value is -0.170. The molecule has 0 saturated carbocycles. The van der Waals surface area contributed by atoms with Gasteiger partial charge in [0.1, 0.15) is 0 Å². The van der Waals surface area contributed by atoms with Gasteiger partial charge in [-0.2, -0.15) is 5.10 Å². The topological polar surface area (TPSA) is 57.0 Å². The molecule has 5 nitrogen and oxygen atoms in total. The molecule has 0 fully saturated rings. The minimum absolute atomic E-state index is 0. The van der Waals surface area contributed by atoms with Crippen LogP contribution in [-0.2, 0) is 24.4 Å². The van der Waals surface area contributed by atoms with E-state index in [1.165, 1.54) is 11.7 Å². The summed E-state index contributed by atoms with van der Waals surface area (Å²) in [6.07, 6.45) is 0. The third kappa shape index (κ3) is 2.16. The van der Waals surface area contributed by atoms with Crippen LogP contribution in [0.3, 0.4) is 0 Å². The molecule has 0 aromatic carbocycles. The van der Waals surface area contributed by atoms with Gasteiger partial charge in [-0.25, -0.2) is 4.79 Å². The first-order valence-corrected chi connectivity index (χ1v) is 3.22. The Kier molecular flexibility index (Phi) is 4.69. The van der Waals surface area contributed by atoms with Crippen molar-refractivity contribution in [2.45, 2.75) is 5.16 Å². The number of carbonyl (C=O) groups is 1. The molecule has 7 heteroatoms. The first-order valence-electron chi connectivity index (χ1n) is 2.81. The van der Waals surface area contributed by atoms with Crippen LogP contribution in [0, 0.1) is 0 Å². The number of ether oxygens (including phenoxy) is 1. The minimum atomic E-state index is -0.531. The zero-order chi connectivity index (χ0) is 8.43. The second kappa shape index (κ2) is 4.76. The summed E-state index contributed by atoms with van der Waals surface area (Å²) in [7, 11) is 2.88. The molecule has 0 radical (unpaired) electrons. The first-order chi connectivity index (χ1) is 5.16. The molecule has 12 heavy (non-hydrogen) atoms. The van der Waals surface area contributed by atoms with E-state index in [0.717, 1.165) is 0 Å². The van der Waals surface area contributed by atoms with Gasteiger partial charge in [-0.15, -0.1) is 5.10 Å². The zero-order valence-corrected chi connectivity index (χ0v) is 9.88. The third-order valence-electron chi connectivity index (χ3n) is 1.20. The summed E-state index contributed by atoms with van der Waals surface area (Å²) in [5, 5.41) is 7.30. The Morgan fingerprint density at radius 3 is 2.50 bits per heavy atom. The molecule has 0 amide bonds. The van der Waals surface area contributed by atoms with Crippen LogP contribution >= 0.6 is 0 Å². The predicted octanol–water partition coefficient (Wildman–Crippen LogP) is -3.49. The number of esters is 1. The molecule has 0 spiro atoms. The van der Waals surface area contributed by atoms with Crippen LogP contribution in [-0.4, -0.2) is 27.8 Å². The smallest absolute Gasteiger partial charge is 0.740 e. The van der Waals surface area contributed by atoms with Crippen LogP contribution in [0.1, 0.15) is 10.6 Å². The van der Waals surface area contributed by atoms with E-state index in [1.54, 1.807) is 7.05 Å². The molecule has 0 unspecified atom stereocenters. The molecule has 0 aliphatic rings. The van der Waals surface area contributed by atoms with Crippen molar-refractivity contribution < 1.29 is 39.1 Å². The second-order valence-electron chi connectivity index (χ2n) is 1.86. The summed E-state index contributed by atoms with van der Waals surface area (Å²) in [5.41, 5.74) is 0. The van der Waals surface area contributed by atoms with Crippen molar-refractivity contribution in [3.05, 3.63) is 5.82 Å². The largest absolute Gasteiger partial charge is 1.00 e. The predicted molar refractivity (Wildman–Crippen MR) is 38.0 cm³/mol. The van der Waals surface area contributed by atoms with E-state index in [-0.39, 0.29) is 40.5 Å². The van der Waals surface area contributed by atoms with E-state index in [2.05, 4.69) is 14.9 Å². The number of methoxy groups -OCH3 is 1. The van der Waals surface area contributed by atoms with Crippen LogP contribution in [0.2, 0.25) is 0 Å². The SMILES string of the molecule is COC(=O)c1nnc([S-])n1C.[Na+]. The van der Waals surface area contributed by atoms with Crippen LogP contribution in [0.5, 0.6) is 0 Å². The van der Waals surface area contributed by atoms with E-state index in [4.69, 9.17) is 12.6 Å². The summed E-state index contributed by atoms with van der Waals surface area (Å²) >= 11 is 4.72. The number of hydrogen-bond donors (Lipinski definition) is 0. The van der Waals surface area contributed by atoms with Crippen LogP contribution in [0.15, 0.2) is 5.16 Å². The van der Waals surface area contributed by atoms with Gasteiger partial charge in [0.2, 0.25) is 5.82 Å². The van der Waals surface area contributed by atoms with Gasteiger partial charge in [0, 0.05) is 12.2 Å². The Morgan fingerprint density at radius 1 is 1.58 bits per heavy atom. The monoisotopic (exact) mass is 195 g/mol. The summed E-state index contributed by atoms with van der Waals surface area (Å²) in [5.74, 6) is -0.409. The van der Waals surface area contributed by atoms with Gasteiger partial charge in [0.05, 0.1) is 7.11 Å². The molecule has 1 aromatic rings. The maximum atomic E-state index is 10.9. The molecule has 0 bridgehead atoms. The van der Waals surface area contributed by atoms with Crippen molar-refractivity contribution >= 4 is 18.6 Å². The molecule has 0 aliphatic carbocycles. The Bertz CT molecular complexity index is 288. The summed E-state index contributed by atoms with van der Waals surface area (Å²) in [6, 6.07) is 0. The molecule has 0 atom stereocenters. The maximum Gasteiger partial charge on any atom is 1.00 e. The van der Waals surface area contributed by atoms with Crippen molar-refractivity contribution in [3.63, 3.8) is 0 Å². The third-order valence-corrected chi connectivity index (χ3v) is 1.56. The molecule has 60 valence electrons. The maximum absolute atomic E-state index is 10.9. The Morgan fingerprint density at radius 2 is 2.17 bits per heavy atom. The molecule has 1 rings (SSSR count). The molecular formula is C5H6N3NaO2S. The van der Waals surface area contributed by atoms with Gasteiger partial charge in [-0.3, -0.25) is 0 Å². The summed E-state index contributed by atoms with van der Waals surface area (Å²) in [4.78, 5) is 10.9. The molecule has 0 aliphatic heterocycles. The van der Waals surface area contributed by atoms with Crippen molar-refractivity contribution in [1.82, 2.24) is 14.8 Å². The Labute approximate surface area is 97.2 Å². The molecular weight excluding hydrogens is 189 g/mol. The normalized spacial score (nSPS) is 8.83. The van der Waals surface area contributed by atoms with Gasteiger partial charge in [-0.1, -0.05) is 0 Å². The van der Waals surface area contributed by atoms with Gasteiger partial charge in [0.15, 0.2) is 0 Å². The summed E-state index contributed by atoms with van der Waals surface area (Å²) < 4.78 is 5.81. The second-order valence-corrected chi connectivity index (χ2v) is 2.22. The average Bonchev–Trinajstić information content (AvgIpc) is 2.32. The standard InChI is InChI=1S/C5H7N3O2S.Na/c1-8-3(4(9)10-2)6-7-5(8)11;/h1-2H3,(H,7,11);/q;+1/p-1. The molecule has 0 N–H and O–H groups in total. The van der Waals surface area contributed by atoms with Crippen LogP contribution in [0.4, 0.5) is 0 Å². The number of aromatic nitrogens is 3. The van der Waals surface area contributed by atoms with Crippen molar-refractivity contribution in [1.29, 1.82) is 0 Å². The van der Waals surface area contributed by atoms with E-state index in [9.17, 15) is 4.79 Å². The van der Waals surface area contributed by atoms with E-state index in [0.29, 0.717) is 0 Å². The fraction of sp³-hybridized carbons (Fsp3) is 0.400. The first kappa shape index (κ1) is 11.8. The minimum Gasteiger partial charge on any atom is -0.740 e. The van der Waals surface area contributed by atoms with Crippen molar-refractivity contribution in [2.75, 3.05) is 7.11 Å².